The average molecular weight is 288 g/mol. The number of carbonyl (C=O) groups is 1. The zero-order valence-electron chi connectivity index (χ0n) is 12.0. The fourth-order valence-electron chi connectivity index (χ4n) is 1.70. The van der Waals surface area contributed by atoms with Gasteiger partial charge in [-0.1, -0.05) is 12.1 Å². The second-order valence-corrected chi connectivity index (χ2v) is 4.23. The van der Waals surface area contributed by atoms with Crippen LogP contribution >= 0.6 is 0 Å². The van der Waals surface area contributed by atoms with Crippen molar-refractivity contribution in [3.8, 4) is 11.9 Å². The predicted molar refractivity (Wildman–Crippen MR) is 79.0 cm³/mol. The predicted octanol–water partition coefficient (Wildman–Crippen LogP) is 2.45. The summed E-state index contributed by atoms with van der Waals surface area (Å²) in [5.41, 5.74) is 2.10. The van der Waals surface area contributed by atoms with Gasteiger partial charge in [0.05, 0.1) is 20.4 Å². The Labute approximate surface area is 122 Å². The van der Waals surface area contributed by atoms with E-state index in [0.29, 0.717) is 11.4 Å². The Kier molecular flexibility index (Phi) is 4.55. The molecule has 0 saturated carbocycles. The summed E-state index contributed by atoms with van der Waals surface area (Å²) in [5, 5.41) is 5.34. The van der Waals surface area contributed by atoms with Gasteiger partial charge in [0.25, 0.3) is 0 Å². The van der Waals surface area contributed by atoms with E-state index in [4.69, 9.17) is 9.47 Å². The van der Waals surface area contributed by atoms with Crippen LogP contribution in [0.5, 0.6) is 11.9 Å². The van der Waals surface area contributed by atoms with E-state index < -0.39 is 6.03 Å². The Balaban J connectivity index is 2.09. The van der Waals surface area contributed by atoms with Gasteiger partial charge in [0.1, 0.15) is 5.69 Å². The highest BCUT2D eigenvalue weighted by Gasteiger charge is 2.11. The van der Waals surface area contributed by atoms with Gasteiger partial charge < -0.3 is 20.1 Å². The molecule has 0 fully saturated rings. The first kappa shape index (κ1) is 14.6. The molecule has 0 radical (unpaired) electrons. The summed E-state index contributed by atoms with van der Waals surface area (Å²) in [5.74, 6) is 0.223. The van der Waals surface area contributed by atoms with E-state index in [-0.39, 0.29) is 11.9 Å². The zero-order chi connectivity index (χ0) is 15.2. The highest BCUT2D eigenvalue weighted by Crippen LogP contribution is 2.22. The number of aromatic nitrogens is 2. The number of aryl methyl sites for hydroxylation is 1. The molecule has 2 N–H and O–H groups in total. The van der Waals surface area contributed by atoms with E-state index >= 15 is 0 Å². The van der Waals surface area contributed by atoms with Gasteiger partial charge in [-0.25, -0.2) is 9.78 Å². The van der Waals surface area contributed by atoms with Crippen molar-refractivity contribution in [2.24, 2.45) is 0 Å². The standard InChI is InChI=1S/C14H16N4O3/c1-9-5-4-6-10(7-9)16-13(19)17-11-8-15-14(21-3)18-12(11)20-2/h4-8H,1-3H3,(H2,16,17,19). The van der Waals surface area contributed by atoms with Crippen LogP contribution in [0, 0.1) is 6.92 Å². The summed E-state index contributed by atoms with van der Waals surface area (Å²) in [6.07, 6.45) is 1.42. The number of hydrogen-bond donors (Lipinski definition) is 2. The van der Waals surface area contributed by atoms with Crippen LogP contribution in [-0.4, -0.2) is 30.2 Å². The van der Waals surface area contributed by atoms with Gasteiger partial charge in [-0.3, -0.25) is 0 Å². The van der Waals surface area contributed by atoms with Gasteiger partial charge in [-0.05, 0) is 24.6 Å². The smallest absolute Gasteiger partial charge is 0.323 e. The highest BCUT2D eigenvalue weighted by atomic mass is 16.5. The lowest BCUT2D eigenvalue weighted by Crippen LogP contribution is -2.20. The summed E-state index contributed by atoms with van der Waals surface area (Å²) in [6.45, 7) is 1.95. The first-order chi connectivity index (χ1) is 10.1. The molecule has 0 atom stereocenters. The topological polar surface area (TPSA) is 85.4 Å². The summed E-state index contributed by atoms with van der Waals surface area (Å²) < 4.78 is 9.98. The SMILES string of the molecule is COc1ncc(NC(=O)Nc2cccc(C)c2)c(OC)n1. The Morgan fingerprint density at radius 3 is 2.67 bits per heavy atom. The fraction of sp³-hybridized carbons (Fsp3) is 0.214. The number of rotatable bonds is 4. The molecule has 0 spiro atoms. The number of anilines is 2. The number of benzene rings is 1. The molecule has 0 bridgehead atoms. The van der Waals surface area contributed by atoms with Crippen LogP contribution in [0.3, 0.4) is 0 Å². The van der Waals surface area contributed by atoms with E-state index in [1.54, 1.807) is 6.07 Å². The van der Waals surface area contributed by atoms with Crippen molar-refractivity contribution in [1.29, 1.82) is 0 Å². The normalized spacial score (nSPS) is 9.86. The van der Waals surface area contributed by atoms with E-state index in [2.05, 4.69) is 20.6 Å². The molecule has 0 saturated heterocycles. The average Bonchev–Trinajstić information content (AvgIpc) is 2.47. The van der Waals surface area contributed by atoms with Crippen LogP contribution in [0.25, 0.3) is 0 Å². The second kappa shape index (κ2) is 6.56. The van der Waals surface area contributed by atoms with Crippen molar-refractivity contribution in [2.75, 3.05) is 24.9 Å². The van der Waals surface area contributed by atoms with Gasteiger partial charge in [0.15, 0.2) is 0 Å². The number of urea groups is 1. The number of methoxy groups -OCH3 is 2. The molecule has 0 aliphatic rings. The summed E-state index contributed by atoms with van der Waals surface area (Å²) >= 11 is 0. The Morgan fingerprint density at radius 2 is 2.00 bits per heavy atom. The Hall–Kier alpha value is -2.83. The van der Waals surface area contributed by atoms with Gasteiger partial charge in [-0.15, -0.1) is 0 Å². The largest absolute Gasteiger partial charge is 0.479 e. The Bertz CT molecular complexity index is 646. The van der Waals surface area contributed by atoms with Gasteiger partial charge in [-0.2, -0.15) is 4.98 Å². The molecule has 0 unspecified atom stereocenters. The highest BCUT2D eigenvalue weighted by molar-refractivity contribution is 6.00. The van der Waals surface area contributed by atoms with Crippen LogP contribution in [0.15, 0.2) is 30.5 Å². The zero-order valence-corrected chi connectivity index (χ0v) is 12.0. The Morgan fingerprint density at radius 1 is 1.19 bits per heavy atom. The third-order valence-electron chi connectivity index (χ3n) is 2.63. The first-order valence-electron chi connectivity index (χ1n) is 6.22. The molecule has 21 heavy (non-hydrogen) atoms. The third kappa shape index (κ3) is 3.82. The summed E-state index contributed by atoms with van der Waals surface area (Å²) in [7, 11) is 2.90. The maximum absolute atomic E-state index is 12.0. The van der Waals surface area contributed by atoms with E-state index in [1.807, 2.05) is 25.1 Å². The van der Waals surface area contributed by atoms with E-state index in [9.17, 15) is 4.79 Å². The van der Waals surface area contributed by atoms with Crippen LogP contribution in [0.1, 0.15) is 5.56 Å². The van der Waals surface area contributed by atoms with Crippen LogP contribution in [0.2, 0.25) is 0 Å². The minimum absolute atomic E-state index is 0.163. The van der Waals surface area contributed by atoms with Crippen molar-refractivity contribution in [1.82, 2.24) is 9.97 Å². The third-order valence-corrected chi connectivity index (χ3v) is 2.63. The number of carbonyl (C=O) groups excluding carboxylic acids is 1. The number of ether oxygens (including phenoxy) is 2. The van der Waals surface area contributed by atoms with Crippen LogP contribution in [-0.2, 0) is 0 Å². The number of nitrogens with zero attached hydrogens (tertiary/aromatic N) is 2. The van der Waals surface area contributed by atoms with Crippen molar-refractivity contribution >= 4 is 17.4 Å². The lowest BCUT2D eigenvalue weighted by Gasteiger charge is -2.11. The molecular weight excluding hydrogens is 272 g/mol. The first-order valence-corrected chi connectivity index (χ1v) is 6.22. The molecule has 1 aromatic carbocycles. The van der Waals surface area contributed by atoms with E-state index in [0.717, 1.165) is 5.56 Å². The van der Waals surface area contributed by atoms with E-state index in [1.165, 1.54) is 20.4 Å². The number of nitrogens with one attached hydrogen (secondary N) is 2. The summed E-state index contributed by atoms with van der Waals surface area (Å²) in [6, 6.07) is 7.23. The molecule has 2 aromatic rings. The molecular formula is C14H16N4O3. The van der Waals surface area contributed by atoms with Crippen molar-refractivity contribution in [3.63, 3.8) is 0 Å². The van der Waals surface area contributed by atoms with Crippen LogP contribution in [0.4, 0.5) is 16.2 Å². The molecule has 2 amide bonds. The summed E-state index contributed by atoms with van der Waals surface area (Å²) in [4.78, 5) is 19.9. The van der Waals surface area contributed by atoms with Crippen LogP contribution < -0.4 is 20.1 Å². The molecule has 1 heterocycles. The minimum Gasteiger partial charge on any atom is -0.479 e. The molecule has 110 valence electrons. The molecule has 0 aliphatic carbocycles. The second-order valence-electron chi connectivity index (χ2n) is 4.23. The lowest BCUT2D eigenvalue weighted by atomic mass is 10.2. The molecule has 1 aromatic heterocycles. The lowest BCUT2D eigenvalue weighted by molar-refractivity contribution is 0.262. The van der Waals surface area contributed by atoms with Crippen molar-refractivity contribution in [2.45, 2.75) is 6.92 Å². The molecule has 7 nitrogen and oxygen atoms in total. The maximum Gasteiger partial charge on any atom is 0.323 e. The van der Waals surface area contributed by atoms with Gasteiger partial charge >= 0.3 is 12.0 Å². The number of amides is 2. The fourth-order valence-corrected chi connectivity index (χ4v) is 1.70. The van der Waals surface area contributed by atoms with Gasteiger partial charge in [0, 0.05) is 5.69 Å². The van der Waals surface area contributed by atoms with Gasteiger partial charge in [0.2, 0.25) is 5.88 Å². The molecule has 7 heteroatoms. The molecule has 0 aliphatic heterocycles. The maximum atomic E-state index is 12.0. The minimum atomic E-state index is -0.410. The molecule has 2 rings (SSSR count). The van der Waals surface area contributed by atoms with Crippen molar-refractivity contribution in [3.05, 3.63) is 36.0 Å². The monoisotopic (exact) mass is 288 g/mol. The van der Waals surface area contributed by atoms with Crippen molar-refractivity contribution < 1.29 is 14.3 Å². The number of hydrogen-bond acceptors (Lipinski definition) is 5. The quantitative estimate of drug-likeness (QED) is 0.902.